The quantitative estimate of drug-likeness (QED) is 0.671. The summed E-state index contributed by atoms with van der Waals surface area (Å²) in [6, 6.07) is 0. The maximum atomic E-state index is 12.0. The van der Waals surface area contributed by atoms with E-state index in [0.717, 1.165) is 18.3 Å². The summed E-state index contributed by atoms with van der Waals surface area (Å²) in [5.74, 6) is 2.61. The number of rotatable bonds is 1. The molecule has 3 rings (SSSR count). The summed E-state index contributed by atoms with van der Waals surface area (Å²) in [5, 5.41) is 0. The Hall–Kier alpha value is -0.590. The summed E-state index contributed by atoms with van der Waals surface area (Å²) in [6.45, 7) is 11.3. The van der Waals surface area contributed by atoms with Gasteiger partial charge in [0, 0.05) is 0 Å². The molecule has 0 heterocycles. The van der Waals surface area contributed by atoms with Crippen molar-refractivity contribution in [2.24, 2.45) is 28.6 Å². The van der Waals surface area contributed by atoms with Crippen molar-refractivity contribution >= 4 is 5.78 Å². The normalized spacial score (nSPS) is 45.3. The maximum Gasteiger partial charge on any atom is 0.155 e. The number of ketones is 1. The van der Waals surface area contributed by atoms with Crippen LogP contribution in [0.1, 0.15) is 60.3 Å². The third kappa shape index (κ3) is 1.26. The lowest BCUT2D eigenvalue weighted by Gasteiger charge is -2.38. The second-order valence-corrected chi connectivity index (χ2v) is 7.74. The van der Waals surface area contributed by atoms with Gasteiger partial charge in [-0.1, -0.05) is 26.3 Å². The maximum absolute atomic E-state index is 12.0. The van der Waals surface area contributed by atoms with Crippen LogP contribution in [-0.2, 0) is 4.79 Å². The first-order valence-electron chi connectivity index (χ1n) is 7.51. The Bertz CT molecular complexity index is 443. The average Bonchev–Trinajstić information content (AvgIpc) is 2.68. The number of hydrogen-bond donors (Lipinski definition) is 0. The Morgan fingerprint density at radius 3 is 2.56 bits per heavy atom. The Kier molecular flexibility index (Phi) is 2.41. The second-order valence-electron chi connectivity index (χ2n) is 7.74. The molecule has 0 aromatic carbocycles. The van der Waals surface area contributed by atoms with Gasteiger partial charge >= 0.3 is 0 Å². The molecule has 18 heavy (non-hydrogen) atoms. The topological polar surface area (TPSA) is 17.1 Å². The average molecular weight is 246 g/mol. The lowest BCUT2D eigenvalue weighted by atomic mass is 9.65. The number of Topliss-reactive ketones (excluding diaryl/α,β-unsaturated/α-hetero) is 1. The number of carbonyl (C=O) groups is 1. The van der Waals surface area contributed by atoms with E-state index in [1.54, 1.807) is 6.92 Å². The van der Waals surface area contributed by atoms with Crippen molar-refractivity contribution in [3.63, 3.8) is 0 Å². The number of hydrogen-bond acceptors (Lipinski definition) is 1. The van der Waals surface area contributed by atoms with E-state index in [-0.39, 0.29) is 0 Å². The zero-order valence-corrected chi connectivity index (χ0v) is 12.5. The molecule has 0 radical (unpaired) electrons. The van der Waals surface area contributed by atoms with Crippen LogP contribution < -0.4 is 0 Å². The molecule has 4 atom stereocenters. The summed E-state index contributed by atoms with van der Waals surface area (Å²) < 4.78 is 0. The minimum absolute atomic E-state index is 0.326. The number of allylic oxidation sites excluding steroid dienone is 2. The Labute approximate surface area is 111 Å². The van der Waals surface area contributed by atoms with Gasteiger partial charge in [0.1, 0.15) is 0 Å². The van der Waals surface area contributed by atoms with Gasteiger partial charge in [0.15, 0.2) is 5.78 Å². The van der Waals surface area contributed by atoms with Crippen molar-refractivity contribution in [2.75, 3.05) is 0 Å². The smallest absolute Gasteiger partial charge is 0.155 e. The van der Waals surface area contributed by atoms with Crippen molar-refractivity contribution in [2.45, 2.75) is 60.3 Å². The van der Waals surface area contributed by atoms with Gasteiger partial charge in [-0.25, -0.2) is 0 Å². The van der Waals surface area contributed by atoms with Crippen molar-refractivity contribution in [3.8, 4) is 0 Å². The third-order valence-electron chi connectivity index (χ3n) is 6.87. The lowest BCUT2D eigenvalue weighted by Crippen LogP contribution is -2.32. The Morgan fingerprint density at radius 2 is 1.94 bits per heavy atom. The van der Waals surface area contributed by atoms with Crippen LogP contribution in [0, 0.1) is 28.6 Å². The highest BCUT2D eigenvalue weighted by Gasteiger charge is 2.64. The first-order chi connectivity index (χ1) is 8.30. The van der Waals surface area contributed by atoms with E-state index in [1.807, 2.05) is 0 Å². The third-order valence-corrected chi connectivity index (χ3v) is 6.87. The van der Waals surface area contributed by atoms with Crippen LogP contribution in [0.3, 0.4) is 0 Å². The van der Waals surface area contributed by atoms with Crippen molar-refractivity contribution in [1.82, 2.24) is 0 Å². The fraction of sp³-hybridized carbons (Fsp3) is 0.824. The summed E-state index contributed by atoms with van der Waals surface area (Å²) in [6.07, 6.45) is 5.16. The highest BCUT2D eigenvalue weighted by atomic mass is 16.1. The summed E-state index contributed by atoms with van der Waals surface area (Å²) >= 11 is 0. The predicted octanol–water partition coefficient (Wildman–Crippen LogP) is 4.37. The van der Waals surface area contributed by atoms with Gasteiger partial charge in [0.05, 0.1) is 0 Å². The number of fused-ring (bicyclic) bond motifs is 1. The molecule has 3 aliphatic rings. The zero-order valence-electron chi connectivity index (χ0n) is 12.5. The molecule has 2 bridgehead atoms. The monoisotopic (exact) mass is 246 g/mol. The van der Waals surface area contributed by atoms with Gasteiger partial charge in [0.2, 0.25) is 0 Å². The predicted molar refractivity (Wildman–Crippen MR) is 74.2 cm³/mol. The Balaban J connectivity index is 2.15. The van der Waals surface area contributed by atoms with Gasteiger partial charge < -0.3 is 0 Å². The molecule has 0 N–H and O–H groups in total. The molecule has 0 aromatic heterocycles. The van der Waals surface area contributed by atoms with E-state index in [1.165, 1.54) is 30.4 Å². The van der Waals surface area contributed by atoms with Crippen molar-refractivity contribution < 1.29 is 4.79 Å². The molecular formula is C17H26O. The second kappa shape index (κ2) is 3.49. The molecule has 3 aliphatic carbocycles. The van der Waals surface area contributed by atoms with Crippen LogP contribution in [0.15, 0.2) is 11.1 Å². The van der Waals surface area contributed by atoms with Gasteiger partial charge in [-0.05, 0) is 73.7 Å². The van der Waals surface area contributed by atoms with Crippen LogP contribution in [-0.4, -0.2) is 5.78 Å². The molecule has 1 spiro atoms. The molecule has 0 aliphatic heterocycles. The first kappa shape index (κ1) is 12.4. The summed E-state index contributed by atoms with van der Waals surface area (Å²) in [4.78, 5) is 12.0. The molecule has 0 amide bonds. The zero-order chi connectivity index (χ0) is 13.3. The molecule has 2 saturated carbocycles. The largest absolute Gasteiger partial charge is 0.295 e. The van der Waals surface area contributed by atoms with E-state index in [4.69, 9.17) is 0 Å². The minimum Gasteiger partial charge on any atom is -0.295 e. The fourth-order valence-electron chi connectivity index (χ4n) is 5.84. The van der Waals surface area contributed by atoms with E-state index < -0.39 is 0 Å². The lowest BCUT2D eigenvalue weighted by molar-refractivity contribution is -0.114. The summed E-state index contributed by atoms with van der Waals surface area (Å²) in [5.41, 5.74) is 3.44. The minimum atomic E-state index is 0.326. The highest BCUT2D eigenvalue weighted by Crippen LogP contribution is 2.72. The summed E-state index contributed by atoms with van der Waals surface area (Å²) in [7, 11) is 0. The van der Waals surface area contributed by atoms with E-state index in [9.17, 15) is 4.79 Å². The van der Waals surface area contributed by atoms with E-state index in [0.29, 0.717) is 22.5 Å². The van der Waals surface area contributed by atoms with Crippen molar-refractivity contribution in [3.05, 3.63) is 11.1 Å². The van der Waals surface area contributed by atoms with Gasteiger partial charge in [-0.2, -0.15) is 0 Å². The molecule has 1 unspecified atom stereocenters. The number of carbonyl (C=O) groups excluding carboxylic acids is 1. The SMILES string of the molecule is CC(=O)C1=C(C)[C@@H]2CC3(C1)[C@H](C)CC[C@H]3C2(C)C. The van der Waals surface area contributed by atoms with E-state index in [2.05, 4.69) is 27.7 Å². The van der Waals surface area contributed by atoms with Gasteiger partial charge in [-0.15, -0.1) is 0 Å². The van der Waals surface area contributed by atoms with Gasteiger partial charge in [-0.3, -0.25) is 4.79 Å². The van der Waals surface area contributed by atoms with E-state index >= 15 is 0 Å². The molecule has 2 fully saturated rings. The van der Waals surface area contributed by atoms with Crippen LogP contribution in [0.2, 0.25) is 0 Å². The fourth-order valence-corrected chi connectivity index (χ4v) is 5.84. The van der Waals surface area contributed by atoms with Crippen LogP contribution >= 0.6 is 0 Å². The molecular weight excluding hydrogens is 220 g/mol. The van der Waals surface area contributed by atoms with Crippen LogP contribution in [0.4, 0.5) is 0 Å². The van der Waals surface area contributed by atoms with Crippen LogP contribution in [0.5, 0.6) is 0 Å². The standard InChI is InChI=1S/C17H26O/c1-10-6-7-15-16(4,5)14-9-17(10,15)8-13(11(14)2)12(3)18/h10,14-15H,6-9H2,1-5H3/t10-,14+,15+,17?/m1/s1. The molecule has 100 valence electrons. The molecule has 1 nitrogen and oxygen atoms in total. The molecule has 1 heteroatoms. The van der Waals surface area contributed by atoms with Gasteiger partial charge in [0.25, 0.3) is 0 Å². The highest BCUT2D eigenvalue weighted by molar-refractivity contribution is 5.94. The first-order valence-corrected chi connectivity index (χ1v) is 7.51. The van der Waals surface area contributed by atoms with Crippen molar-refractivity contribution in [1.29, 1.82) is 0 Å². The Morgan fingerprint density at radius 1 is 1.28 bits per heavy atom. The molecule has 0 saturated heterocycles. The molecule has 0 aromatic rings. The van der Waals surface area contributed by atoms with Crippen LogP contribution in [0.25, 0.3) is 0 Å².